The standard InChI is InChI=1S/C17H23N3O/c1-4-7-19-16(15-8-13(2)10-18-12-15)9-14-5-6-17(21-3)20-11-14/h5-6,8,10-12,16,19H,4,7,9H2,1-3H3. The molecule has 112 valence electrons. The average molecular weight is 285 g/mol. The minimum absolute atomic E-state index is 0.257. The average Bonchev–Trinajstić information content (AvgIpc) is 2.52. The smallest absolute Gasteiger partial charge is 0.212 e. The van der Waals surface area contributed by atoms with Crippen LogP contribution in [0.25, 0.3) is 0 Å². The fraction of sp³-hybridized carbons (Fsp3) is 0.412. The van der Waals surface area contributed by atoms with E-state index in [1.165, 1.54) is 16.7 Å². The van der Waals surface area contributed by atoms with Crippen LogP contribution in [0.1, 0.15) is 36.1 Å². The first-order chi connectivity index (χ1) is 10.2. The molecule has 2 heterocycles. The van der Waals surface area contributed by atoms with Gasteiger partial charge in [0.05, 0.1) is 7.11 Å². The van der Waals surface area contributed by atoms with Crippen LogP contribution in [0.4, 0.5) is 0 Å². The van der Waals surface area contributed by atoms with Gasteiger partial charge in [-0.05, 0) is 43.0 Å². The summed E-state index contributed by atoms with van der Waals surface area (Å²) in [5.41, 5.74) is 3.59. The molecule has 0 aliphatic rings. The van der Waals surface area contributed by atoms with Gasteiger partial charge in [0.25, 0.3) is 0 Å². The van der Waals surface area contributed by atoms with E-state index in [4.69, 9.17) is 4.74 Å². The van der Waals surface area contributed by atoms with Gasteiger partial charge in [-0.15, -0.1) is 0 Å². The lowest BCUT2D eigenvalue weighted by Crippen LogP contribution is -2.24. The minimum Gasteiger partial charge on any atom is -0.481 e. The molecule has 2 rings (SSSR count). The SMILES string of the molecule is CCCNC(Cc1ccc(OC)nc1)c1cncc(C)c1. The van der Waals surface area contributed by atoms with Crippen LogP contribution in [0.2, 0.25) is 0 Å². The Labute approximate surface area is 126 Å². The normalized spacial score (nSPS) is 12.1. The zero-order valence-electron chi connectivity index (χ0n) is 13.0. The summed E-state index contributed by atoms with van der Waals surface area (Å²) in [6, 6.07) is 6.42. The second kappa shape index (κ2) is 7.74. The van der Waals surface area contributed by atoms with Crippen molar-refractivity contribution in [3.05, 3.63) is 53.5 Å². The van der Waals surface area contributed by atoms with E-state index in [9.17, 15) is 0 Å². The maximum absolute atomic E-state index is 5.10. The number of nitrogens with zero attached hydrogens (tertiary/aromatic N) is 2. The molecular weight excluding hydrogens is 262 g/mol. The molecule has 4 nitrogen and oxygen atoms in total. The van der Waals surface area contributed by atoms with Crippen molar-refractivity contribution in [2.24, 2.45) is 0 Å². The molecule has 0 spiro atoms. The number of hydrogen-bond donors (Lipinski definition) is 1. The van der Waals surface area contributed by atoms with Gasteiger partial charge in [-0.25, -0.2) is 4.98 Å². The molecule has 4 heteroatoms. The van der Waals surface area contributed by atoms with Crippen molar-refractivity contribution in [3.63, 3.8) is 0 Å². The van der Waals surface area contributed by atoms with Crippen LogP contribution in [0.3, 0.4) is 0 Å². The molecule has 0 saturated heterocycles. The molecule has 2 aromatic rings. The molecule has 0 bridgehead atoms. The van der Waals surface area contributed by atoms with Crippen LogP contribution in [-0.4, -0.2) is 23.6 Å². The zero-order valence-corrected chi connectivity index (χ0v) is 13.0. The predicted molar refractivity (Wildman–Crippen MR) is 84.5 cm³/mol. The third kappa shape index (κ3) is 4.53. The Bertz CT molecular complexity index is 554. The fourth-order valence-electron chi connectivity index (χ4n) is 2.28. The Morgan fingerprint density at radius 1 is 1.24 bits per heavy atom. The van der Waals surface area contributed by atoms with E-state index in [1.807, 2.05) is 24.7 Å². The van der Waals surface area contributed by atoms with Crippen LogP contribution in [0, 0.1) is 6.92 Å². The lowest BCUT2D eigenvalue weighted by Gasteiger charge is -2.19. The van der Waals surface area contributed by atoms with Crippen LogP contribution < -0.4 is 10.1 Å². The number of aryl methyl sites for hydroxylation is 1. The highest BCUT2D eigenvalue weighted by Crippen LogP contribution is 2.19. The third-order valence-electron chi connectivity index (χ3n) is 3.39. The van der Waals surface area contributed by atoms with E-state index in [-0.39, 0.29) is 6.04 Å². The number of pyridine rings is 2. The zero-order chi connectivity index (χ0) is 15.1. The Morgan fingerprint density at radius 2 is 2.10 bits per heavy atom. The van der Waals surface area contributed by atoms with E-state index < -0.39 is 0 Å². The first-order valence-corrected chi connectivity index (χ1v) is 7.36. The van der Waals surface area contributed by atoms with Gasteiger partial charge in [0.2, 0.25) is 5.88 Å². The summed E-state index contributed by atoms with van der Waals surface area (Å²) in [6.45, 7) is 5.23. The van der Waals surface area contributed by atoms with Gasteiger partial charge in [0.1, 0.15) is 0 Å². The van der Waals surface area contributed by atoms with Crippen molar-refractivity contribution >= 4 is 0 Å². The number of aromatic nitrogens is 2. The molecule has 1 atom stereocenters. The third-order valence-corrected chi connectivity index (χ3v) is 3.39. The predicted octanol–water partition coefficient (Wildman–Crippen LogP) is 3.08. The Balaban J connectivity index is 2.15. The number of nitrogens with one attached hydrogen (secondary N) is 1. The van der Waals surface area contributed by atoms with E-state index >= 15 is 0 Å². The van der Waals surface area contributed by atoms with E-state index in [1.54, 1.807) is 7.11 Å². The second-order valence-electron chi connectivity index (χ2n) is 5.22. The molecule has 21 heavy (non-hydrogen) atoms. The lowest BCUT2D eigenvalue weighted by molar-refractivity contribution is 0.397. The molecule has 0 radical (unpaired) electrons. The molecule has 1 unspecified atom stereocenters. The molecule has 1 N–H and O–H groups in total. The summed E-state index contributed by atoms with van der Waals surface area (Å²) in [6.07, 6.45) is 7.70. The quantitative estimate of drug-likeness (QED) is 0.849. The van der Waals surface area contributed by atoms with Crippen LogP contribution in [-0.2, 0) is 6.42 Å². The summed E-state index contributed by atoms with van der Waals surface area (Å²) in [4.78, 5) is 8.58. The van der Waals surface area contributed by atoms with Crippen LogP contribution in [0.5, 0.6) is 5.88 Å². The summed E-state index contributed by atoms with van der Waals surface area (Å²) in [5.74, 6) is 0.647. The Kier molecular flexibility index (Phi) is 5.69. The summed E-state index contributed by atoms with van der Waals surface area (Å²) >= 11 is 0. The van der Waals surface area contributed by atoms with Crippen molar-refractivity contribution < 1.29 is 4.74 Å². The van der Waals surface area contributed by atoms with Gasteiger partial charge in [-0.2, -0.15) is 0 Å². The molecule has 0 fully saturated rings. The number of rotatable bonds is 7. The monoisotopic (exact) mass is 285 g/mol. The van der Waals surface area contributed by atoms with E-state index in [0.717, 1.165) is 19.4 Å². The van der Waals surface area contributed by atoms with Crippen molar-refractivity contribution in [3.8, 4) is 5.88 Å². The van der Waals surface area contributed by atoms with Gasteiger partial charge < -0.3 is 10.1 Å². The van der Waals surface area contributed by atoms with E-state index in [0.29, 0.717) is 5.88 Å². The van der Waals surface area contributed by atoms with Crippen LogP contribution >= 0.6 is 0 Å². The first-order valence-electron chi connectivity index (χ1n) is 7.36. The Morgan fingerprint density at radius 3 is 2.71 bits per heavy atom. The van der Waals surface area contributed by atoms with Gasteiger partial charge in [0.15, 0.2) is 0 Å². The number of methoxy groups -OCH3 is 1. The summed E-state index contributed by atoms with van der Waals surface area (Å²) in [5, 5.41) is 3.59. The minimum atomic E-state index is 0.257. The molecular formula is C17H23N3O. The van der Waals surface area contributed by atoms with Crippen LogP contribution in [0.15, 0.2) is 36.8 Å². The Hall–Kier alpha value is -1.94. The largest absolute Gasteiger partial charge is 0.481 e. The molecule has 0 amide bonds. The summed E-state index contributed by atoms with van der Waals surface area (Å²) in [7, 11) is 1.63. The highest BCUT2D eigenvalue weighted by molar-refractivity contribution is 5.24. The maximum Gasteiger partial charge on any atom is 0.212 e. The number of ether oxygens (including phenoxy) is 1. The van der Waals surface area contributed by atoms with Gasteiger partial charge >= 0.3 is 0 Å². The van der Waals surface area contributed by atoms with Gasteiger partial charge in [0, 0.05) is 30.7 Å². The van der Waals surface area contributed by atoms with Crippen molar-refractivity contribution in [1.29, 1.82) is 0 Å². The molecule has 0 aliphatic heterocycles. The fourth-order valence-corrected chi connectivity index (χ4v) is 2.28. The topological polar surface area (TPSA) is 47.0 Å². The van der Waals surface area contributed by atoms with Crippen molar-refractivity contribution in [2.75, 3.05) is 13.7 Å². The highest BCUT2D eigenvalue weighted by atomic mass is 16.5. The number of hydrogen-bond acceptors (Lipinski definition) is 4. The van der Waals surface area contributed by atoms with Crippen molar-refractivity contribution in [1.82, 2.24) is 15.3 Å². The van der Waals surface area contributed by atoms with E-state index in [2.05, 4.69) is 41.3 Å². The second-order valence-corrected chi connectivity index (χ2v) is 5.22. The molecule has 2 aromatic heterocycles. The molecule has 0 saturated carbocycles. The van der Waals surface area contributed by atoms with Crippen molar-refractivity contribution in [2.45, 2.75) is 32.7 Å². The lowest BCUT2D eigenvalue weighted by atomic mass is 10.00. The molecule has 0 aromatic carbocycles. The summed E-state index contributed by atoms with van der Waals surface area (Å²) < 4.78 is 5.10. The maximum atomic E-state index is 5.10. The van der Waals surface area contributed by atoms with Gasteiger partial charge in [-0.3, -0.25) is 4.98 Å². The highest BCUT2D eigenvalue weighted by Gasteiger charge is 2.12. The molecule has 0 aliphatic carbocycles. The van der Waals surface area contributed by atoms with Gasteiger partial charge in [-0.1, -0.05) is 19.1 Å². The first kappa shape index (κ1) is 15.4.